The lowest BCUT2D eigenvalue weighted by Gasteiger charge is -2.06. The molecule has 14 heavy (non-hydrogen) atoms. The van der Waals surface area contributed by atoms with E-state index in [1.165, 1.54) is 13.3 Å². The highest BCUT2D eigenvalue weighted by molar-refractivity contribution is 7.63. The molecule has 1 rings (SSSR count). The topological polar surface area (TPSA) is 65.3 Å². The van der Waals surface area contributed by atoms with Crippen molar-refractivity contribution in [2.24, 2.45) is 0 Å². The fourth-order valence-corrected chi connectivity index (χ4v) is 1.63. The molecule has 1 aromatic rings. The number of nitro groups is 1. The first-order chi connectivity index (χ1) is 6.56. The van der Waals surface area contributed by atoms with Crippen LogP contribution in [0.2, 0.25) is 0 Å². The van der Waals surface area contributed by atoms with Crippen LogP contribution in [-0.4, -0.2) is 30.3 Å². The molecule has 0 amide bonds. The van der Waals surface area contributed by atoms with Crippen LogP contribution in [0.15, 0.2) is 12.3 Å². The van der Waals surface area contributed by atoms with E-state index in [9.17, 15) is 10.1 Å². The molecule has 76 valence electrons. The number of hydrogen-bond donors (Lipinski definition) is 0. The summed E-state index contributed by atoms with van der Waals surface area (Å²) in [7, 11) is 1.05. The number of aromatic nitrogens is 1. The Kier molecular flexibility index (Phi) is 3.36. The van der Waals surface area contributed by atoms with Crippen LogP contribution in [0.3, 0.4) is 0 Å². The van der Waals surface area contributed by atoms with Crippen LogP contribution in [0.25, 0.3) is 0 Å². The van der Waals surface area contributed by atoms with Crippen LogP contribution in [0.4, 0.5) is 5.69 Å². The van der Waals surface area contributed by atoms with Gasteiger partial charge in [0.1, 0.15) is 6.20 Å². The first-order valence-corrected chi connectivity index (χ1v) is 6.15. The van der Waals surface area contributed by atoms with Crippen LogP contribution < -0.4 is 10.2 Å². The van der Waals surface area contributed by atoms with Crippen LogP contribution in [0, 0.1) is 10.1 Å². The quantitative estimate of drug-likeness (QED) is 0.433. The van der Waals surface area contributed by atoms with E-state index < -0.39 is 4.92 Å². The Balaban J connectivity index is 3.18. The van der Waals surface area contributed by atoms with E-state index in [1.807, 2.05) is 13.3 Å². The predicted molar refractivity (Wildman–Crippen MR) is 55.8 cm³/mol. The molecule has 0 aliphatic heterocycles. The van der Waals surface area contributed by atoms with Gasteiger partial charge in [-0.15, -0.1) is 0 Å². The van der Waals surface area contributed by atoms with Crippen LogP contribution in [0.5, 0.6) is 5.75 Å². The van der Waals surface area contributed by atoms with Gasteiger partial charge in [0.25, 0.3) is 0 Å². The van der Waals surface area contributed by atoms with Gasteiger partial charge in [0.15, 0.2) is 0 Å². The Bertz CT molecular complexity index is 354. The second-order valence-corrected chi connectivity index (χ2v) is 5.11. The predicted octanol–water partition coefficient (Wildman–Crippen LogP) is 1.37. The molecule has 0 bridgehead atoms. The van der Waals surface area contributed by atoms with Crippen molar-refractivity contribution in [1.29, 1.82) is 0 Å². The molecular weight excluding hydrogens is 203 g/mol. The van der Waals surface area contributed by atoms with Gasteiger partial charge in [-0.2, -0.15) is 0 Å². The zero-order valence-electron chi connectivity index (χ0n) is 8.22. The lowest BCUT2D eigenvalue weighted by molar-refractivity contribution is -0.386. The van der Waals surface area contributed by atoms with Crippen molar-refractivity contribution in [2.45, 2.75) is 0 Å². The van der Waals surface area contributed by atoms with E-state index in [4.69, 9.17) is 4.74 Å². The average Bonchev–Trinajstić information content (AvgIpc) is 2.16. The van der Waals surface area contributed by atoms with Crippen molar-refractivity contribution in [3.8, 4) is 5.75 Å². The molecule has 0 aromatic carbocycles. The standard InChI is InChI=1S/C8H11N2O3P/c1-13-7-4-8(14(2)3)9-5-6(7)10(11)12/h4-5H,1-3H3. The van der Waals surface area contributed by atoms with Crippen LogP contribution >= 0.6 is 7.92 Å². The third-order valence-corrected chi connectivity index (χ3v) is 2.87. The van der Waals surface area contributed by atoms with Gasteiger partial charge in [0, 0.05) is 6.07 Å². The number of ether oxygens (including phenoxy) is 1. The second kappa shape index (κ2) is 4.33. The van der Waals surface area contributed by atoms with E-state index >= 15 is 0 Å². The first kappa shape index (κ1) is 10.9. The molecule has 0 atom stereocenters. The van der Waals surface area contributed by atoms with Crippen LogP contribution in [-0.2, 0) is 0 Å². The monoisotopic (exact) mass is 214 g/mol. The van der Waals surface area contributed by atoms with Crippen molar-refractivity contribution in [3.63, 3.8) is 0 Å². The minimum absolute atomic E-state index is 0.0897. The van der Waals surface area contributed by atoms with Gasteiger partial charge in [-0.25, -0.2) is 4.98 Å². The minimum atomic E-state index is -0.497. The number of pyridine rings is 1. The summed E-state index contributed by atoms with van der Waals surface area (Å²) in [6.45, 7) is 4.06. The van der Waals surface area contributed by atoms with Gasteiger partial charge < -0.3 is 4.74 Å². The van der Waals surface area contributed by atoms with Gasteiger partial charge in [-0.1, -0.05) is 7.92 Å². The van der Waals surface area contributed by atoms with Crippen molar-refractivity contribution in [2.75, 3.05) is 20.4 Å². The fraction of sp³-hybridized carbons (Fsp3) is 0.375. The molecule has 0 aliphatic rings. The summed E-state index contributed by atoms with van der Waals surface area (Å²) < 4.78 is 4.93. The van der Waals surface area contributed by atoms with Gasteiger partial charge in [-0.3, -0.25) is 10.1 Å². The first-order valence-electron chi connectivity index (χ1n) is 3.92. The van der Waals surface area contributed by atoms with Gasteiger partial charge in [-0.05, 0) is 13.3 Å². The summed E-state index contributed by atoms with van der Waals surface area (Å²) in [5.41, 5.74) is 0.760. The summed E-state index contributed by atoms with van der Waals surface area (Å²) in [5.74, 6) is 0.274. The maximum absolute atomic E-state index is 10.6. The summed E-state index contributed by atoms with van der Waals surface area (Å²) in [5, 5.41) is 10.6. The second-order valence-electron chi connectivity index (χ2n) is 2.87. The molecule has 0 fully saturated rings. The zero-order chi connectivity index (χ0) is 10.7. The summed E-state index contributed by atoms with van der Waals surface area (Å²) in [6.07, 6.45) is 1.25. The maximum atomic E-state index is 10.6. The van der Waals surface area contributed by atoms with Gasteiger partial charge in [0.2, 0.25) is 5.75 Å². The Hall–Kier alpha value is -1.22. The highest BCUT2D eigenvalue weighted by Crippen LogP contribution is 2.29. The highest BCUT2D eigenvalue weighted by atomic mass is 31.1. The molecule has 0 spiro atoms. The molecule has 5 nitrogen and oxygen atoms in total. The minimum Gasteiger partial charge on any atom is -0.490 e. The zero-order valence-corrected chi connectivity index (χ0v) is 9.12. The number of hydrogen-bond acceptors (Lipinski definition) is 4. The number of methoxy groups -OCH3 is 1. The third kappa shape index (κ3) is 2.17. The van der Waals surface area contributed by atoms with Crippen molar-refractivity contribution >= 4 is 19.0 Å². The van der Waals surface area contributed by atoms with Crippen molar-refractivity contribution < 1.29 is 9.66 Å². The molecule has 1 heterocycles. The van der Waals surface area contributed by atoms with E-state index in [0.29, 0.717) is 0 Å². The molecule has 0 unspecified atom stereocenters. The Morgan fingerprint density at radius 2 is 2.21 bits per heavy atom. The lowest BCUT2D eigenvalue weighted by atomic mass is 10.4. The SMILES string of the molecule is COc1cc(P(C)C)ncc1[N+](=O)[O-]. The van der Waals surface area contributed by atoms with E-state index in [1.54, 1.807) is 6.07 Å². The molecule has 0 saturated heterocycles. The normalized spacial score (nSPS) is 10.3. The molecule has 0 radical (unpaired) electrons. The Morgan fingerprint density at radius 3 is 2.64 bits per heavy atom. The highest BCUT2D eigenvalue weighted by Gasteiger charge is 2.16. The van der Waals surface area contributed by atoms with Gasteiger partial charge >= 0.3 is 5.69 Å². The molecule has 0 N–H and O–H groups in total. The van der Waals surface area contributed by atoms with Crippen LogP contribution in [0.1, 0.15) is 0 Å². The van der Waals surface area contributed by atoms with Gasteiger partial charge in [0.05, 0.1) is 17.5 Å². The summed E-state index contributed by atoms with van der Waals surface area (Å²) in [4.78, 5) is 14.1. The number of rotatable bonds is 3. The number of nitrogens with zero attached hydrogens (tertiary/aromatic N) is 2. The van der Waals surface area contributed by atoms with Crippen molar-refractivity contribution in [3.05, 3.63) is 22.4 Å². The average molecular weight is 214 g/mol. The van der Waals surface area contributed by atoms with E-state index in [2.05, 4.69) is 4.98 Å². The third-order valence-electron chi connectivity index (χ3n) is 1.71. The fourth-order valence-electron chi connectivity index (χ4n) is 0.965. The Labute approximate surface area is 83.0 Å². The molecular formula is C8H11N2O3P. The summed E-state index contributed by atoms with van der Waals surface area (Å²) in [6, 6.07) is 1.63. The molecule has 6 heteroatoms. The Morgan fingerprint density at radius 1 is 1.57 bits per heavy atom. The molecule has 0 aliphatic carbocycles. The smallest absolute Gasteiger partial charge is 0.329 e. The lowest BCUT2D eigenvalue weighted by Crippen LogP contribution is -2.07. The largest absolute Gasteiger partial charge is 0.490 e. The summed E-state index contributed by atoms with van der Waals surface area (Å²) >= 11 is 0. The van der Waals surface area contributed by atoms with Crippen molar-refractivity contribution in [1.82, 2.24) is 4.98 Å². The van der Waals surface area contributed by atoms with E-state index in [-0.39, 0.29) is 19.4 Å². The van der Waals surface area contributed by atoms with E-state index in [0.717, 1.165) is 5.44 Å². The maximum Gasteiger partial charge on any atom is 0.329 e. The molecule has 0 saturated carbocycles. The molecule has 1 aromatic heterocycles.